The van der Waals surface area contributed by atoms with Gasteiger partial charge < -0.3 is 19.5 Å². The van der Waals surface area contributed by atoms with Gasteiger partial charge >= 0.3 is 0 Å². The largest absolute Gasteiger partial charge is 0.497 e. The fraction of sp³-hybridized carbons (Fsp3) is 0.200. The van der Waals surface area contributed by atoms with Crippen LogP contribution in [-0.4, -0.2) is 23.7 Å². The molecule has 0 bridgehead atoms. The SMILES string of the molecule is CCOc1ccccc1Oc1ccc(CNc2cc(C)nc3cc(OC)ccc23)cn1. The van der Waals surface area contributed by atoms with Crippen LogP contribution in [0.1, 0.15) is 18.2 Å². The highest BCUT2D eigenvalue weighted by Crippen LogP contribution is 2.31. The number of ether oxygens (including phenoxy) is 3. The maximum atomic E-state index is 5.90. The number of rotatable bonds is 8. The van der Waals surface area contributed by atoms with Crippen LogP contribution >= 0.6 is 0 Å². The van der Waals surface area contributed by atoms with Crippen LogP contribution in [0.5, 0.6) is 23.1 Å². The lowest BCUT2D eigenvalue weighted by atomic mass is 10.1. The average Bonchev–Trinajstić information content (AvgIpc) is 2.79. The van der Waals surface area contributed by atoms with Crippen LogP contribution in [0.2, 0.25) is 0 Å². The third-order valence-electron chi connectivity index (χ3n) is 4.79. The van der Waals surface area contributed by atoms with Crippen LogP contribution in [0.25, 0.3) is 10.9 Å². The number of aromatic nitrogens is 2. The molecule has 4 aromatic rings. The minimum atomic E-state index is 0.521. The first-order valence-corrected chi connectivity index (χ1v) is 10.2. The van der Waals surface area contributed by atoms with Crippen molar-refractivity contribution in [2.24, 2.45) is 0 Å². The summed E-state index contributed by atoms with van der Waals surface area (Å²) in [4.78, 5) is 9.06. The number of methoxy groups -OCH3 is 1. The molecule has 4 rings (SSSR count). The minimum absolute atomic E-state index is 0.521. The Morgan fingerprint density at radius 1 is 0.968 bits per heavy atom. The summed E-state index contributed by atoms with van der Waals surface area (Å²) in [5, 5.41) is 4.54. The van der Waals surface area contributed by atoms with Crippen LogP contribution in [-0.2, 0) is 6.54 Å². The van der Waals surface area contributed by atoms with Crippen molar-refractivity contribution in [1.82, 2.24) is 9.97 Å². The molecule has 0 radical (unpaired) electrons. The number of anilines is 1. The Hall–Kier alpha value is -3.80. The van der Waals surface area contributed by atoms with Crippen LogP contribution in [0.15, 0.2) is 66.9 Å². The molecule has 0 saturated heterocycles. The standard InChI is InChI=1S/C25H25N3O3/c1-4-30-23-7-5-6-8-24(23)31-25-12-9-18(16-27-25)15-26-21-13-17(2)28-22-14-19(29-3)10-11-20(21)22/h5-14,16H,4,15H2,1-3H3,(H,26,28). The molecule has 0 amide bonds. The molecule has 0 aliphatic rings. The van der Waals surface area contributed by atoms with E-state index >= 15 is 0 Å². The molecule has 2 heterocycles. The Morgan fingerprint density at radius 3 is 2.55 bits per heavy atom. The highest BCUT2D eigenvalue weighted by atomic mass is 16.5. The first-order valence-electron chi connectivity index (χ1n) is 10.2. The zero-order valence-corrected chi connectivity index (χ0v) is 17.9. The number of para-hydroxylation sites is 2. The van der Waals surface area contributed by atoms with Gasteiger partial charge in [-0.2, -0.15) is 0 Å². The van der Waals surface area contributed by atoms with Gasteiger partial charge in [0.1, 0.15) is 5.75 Å². The minimum Gasteiger partial charge on any atom is -0.497 e. The fourth-order valence-electron chi connectivity index (χ4n) is 3.31. The van der Waals surface area contributed by atoms with E-state index in [1.54, 1.807) is 7.11 Å². The number of fused-ring (bicyclic) bond motifs is 1. The number of benzene rings is 2. The Morgan fingerprint density at radius 2 is 1.81 bits per heavy atom. The normalized spacial score (nSPS) is 10.7. The van der Waals surface area contributed by atoms with Gasteiger partial charge in [-0.05, 0) is 49.7 Å². The third kappa shape index (κ3) is 4.86. The number of nitrogens with zero attached hydrogens (tertiary/aromatic N) is 2. The summed E-state index contributed by atoms with van der Waals surface area (Å²) in [5.74, 6) is 2.67. The second-order valence-electron chi connectivity index (χ2n) is 7.03. The quantitative estimate of drug-likeness (QED) is 0.395. The monoisotopic (exact) mass is 415 g/mol. The second-order valence-corrected chi connectivity index (χ2v) is 7.03. The molecule has 6 heteroatoms. The van der Waals surface area contributed by atoms with Gasteiger partial charge in [0.15, 0.2) is 11.5 Å². The zero-order valence-electron chi connectivity index (χ0n) is 17.9. The molecule has 0 aliphatic heterocycles. The van der Waals surface area contributed by atoms with E-state index in [0.717, 1.165) is 33.6 Å². The molecule has 0 saturated carbocycles. The smallest absolute Gasteiger partial charge is 0.219 e. The van der Waals surface area contributed by atoms with Crippen molar-refractivity contribution >= 4 is 16.6 Å². The molecule has 0 aliphatic carbocycles. The summed E-state index contributed by atoms with van der Waals surface area (Å²) in [7, 11) is 1.66. The lowest BCUT2D eigenvalue weighted by Crippen LogP contribution is -2.02. The van der Waals surface area contributed by atoms with E-state index in [2.05, 4.69) is 15.3 Å². The Bertz CT molecular complexity index is 1180. The summed E-state index contributed by atoms with van der Waals surface area (Å²) in [6.07, 6.45) is 1.81. The summed E-state index contributed by atoms with van der Waals surface area (Å²) >= 11 is 0. The number of hydrogen-bond acceptors (Lipinski definition) is 6. The Labute approximate surface area is 181 Å². The van der Waals surface area contributed by atoms with Crippen LogP contribution in [0, 0.1) is 6.92 Å². The molecule has 1 N–H and O–H groups in total. The van der Waals surface area contributed by atoms with Crippen LogP contribution in [0.3, 0.4) is 0 Å². The van der Waals surface area contributed by atoms with Crippen LogP contribution < -0.4 is 19.5 Å². The van der Waals surface area contributed by atoms with Gasteiger partial charge in [-0.15, -0.1) is 0 Å². The molecule has 2 aromatic carbocycles. The van der Waals surface area contributed by atoms with E-state index in [0.29, 0.717) is 30.5 Å². The molecule has 158 valence electrons. The van der Waals surface area contributed by atoms with Gasteiger partial charge in [-0.3, -0.25) is 4.98 Å². The van der Waals surface area contributed by atoms with E-state index in [4.69, 9.17) is 14.2 Å². The fourth-order valence-corrected chi connectivity index (χ4v) is 3.31. The van der Waals surface area contributed by atoms with Crippen molar-refractivity contribution in [2.75, 3.05) is 19.0 Å². The van der Waals surface area contributed by atoms with Crippen molar-refractivity contribution in [1.29, 1.82) is 0 Å². The Kier molecular flexibility index (Phi) is 6.17. The highest BCUT2D eigenvalue weighted by molar-refractivity contribution is 5.92. The molecule has 31 heavy (non-hydrogen) atoms. The van der Waals surface area contributed by atoms with E-state index in [1.165, 1.54) is 0 Å². The third-order valence-corrected chi connectivity index (χ3v) is 4.79. The molecular weight excluding hydrogens is 390 g/mol. The lowest BCUT2D eigenvalue weighted by molar-refractivity contribution is 0.319. The number of hydrogen-bond donors (Lipinski definition) is 1. The van der Waals surface area contributed by atoms with Crippen molar-refractivity contribution < 1.29 is 14.2 Å². The highest BCUT2D eigenvalue weighted by Gasteiger charge is 2.08. The molecule has 6 nitrogen and oxygen atoms in total. The van der Waals surface area contributed by atoms with E-state index in [-0.39, 0.29) is 0 Å². The number of pyridine rings is 2. The van der Waals surface area contributed by atoms with Gasteiger partial charge in [-0.1, -0.05) is 18.2 Å². The van der Waals surface area contributed by atoms with Crippen molar-refractivity contribution in [3.05, 3.63) is 78.1 Å². The molecule has 0 fully saturated rings. The Balaban J connectivity index is 1.47. The van der Waals surface area contributed by atoms with Gasteiger partial charge in [0.25, 0.3) is 0 Å². The number of nitrogens with one attached hydrogen (secondary N) is 1. The molecule has 0 unspecified atom stereocenters. The second kappa shape index (κ2) is 9.34. The average molecular weight is 415 g/mol. The predicted octanol–water partition coefficient (Wildman–Crippen LogP) is 5.75. The summed E-state index contributed by atoms with van der Waals surface area (Å²) < 4.78 is 16.8. The first kappa shape index (κ1) is 20.5. The van der Waals surface area contributed by atoms with Gasteiger partial charge in [0.2, 0.25) is 5.88 Å². The van der Waals surface area contributed by atoms with Gasteiger partial charge in [0.05, 0.1) is 19.2 Å². The molecular formula is C25H25N3O3. The number of aryl methyl sites for hydroxylation is 1. The lowest BCUT2D eigenvalue weighted by Gasteiger charge is -2.13. The van der Waals surface area contributed by atoms with Crippen molar-refractivity contribution in [3.8, 4) is 23.1 Å². The molecule has 0 atom stereocenters. The van der Waals surface area contributed by atoms with E-state index < -0.39 is 0 Å². The van der Waals surface area contributed by atoms with Crippen LogP contribution in [0.4, 0.5) is 5.69 Å². The van der Waals surface area contributed by atoms with Crippen molar-refractivity contribution in [3.63, 3.8) is 0 Å². The maximum Gasteiger partial charge on any atom is 0.219 e. The van der Waals surface area contributed by atoms with Crippen molar-refractivity contribution in [2.45, 2.75) is 20.4 Å². The van der Waals surface area contributed by atoms with E-state index in [1.807, 2.05) is 80.7 Å². The van der Waals surface area contributed by atoms with Gasteiger partial charge in [0, 0.05) is 41.6 Å². The molecule has 2 aromatic heterocycles. The zero-order chi connectivity index (χ0) is 21.6. The summed E-state index contributed by atoms with van der Waals surface area (Å²) in [5.41, 5.74) is 3.91. The first-order chi connectivity index (χ1) is 15.2. The van der Waals surface area contributed by atoms with E-state index in [9.17, 15) is 0 Å². The van der Waals surface area contributed by atoms with Gasteiger partial charge in [-0.25, -0.2) is 4.98 Å². The summed E-state index contributed by atoms with van der Waals surface area (Å²) in [6.45, 7) is 5.14. The summed E-state index contributed by atoms with van der Waals surface area (Å²) in [6, 6.07) is 19.4. The predicted molar refractivity (Wildman–Crippen MR) is 122 cm³/mol. The maximum absolute atomic E-state index is 5.90. The topological polar surface area (TPSA) is 65.5 Å². The molecule has 0 spiro atoms.